The number of nitrogens with zero attached hydrogens (tertiary/aromatic N) is 1. The van der Waals surface area contributed by atoms with Crippen LogP contribution >= 0.6 is 0 Å². The lowest BCUT2D eigenvalue weighted by molar-refractivity contribution is -0.384. The SMILES string of the molecule is CCCNc1cc(NC(C)C(C)(C)C)cc([N+](=O)[O-])c1. The van der Waals surface area contributed by atoms with Crippen molar-refractivity contribution < 1.29 is 4.92 Å². The molecule has 0 aliphatic carbocycles. The number of anilines is 2. The summed E-state index contributed by atoms with van der Waals surface area (Å²) in [5.41, 5.74) is 1.75. The van der Waals surface area contributed by atoms with E-state index in [0.29, 0.717) is 0 Å². The summed E-state index contributed by atoms with van der Waals surface area (Å²) >= 11 is 0. The summed E-state index contributed by atoms with van der Waals surface area (Å²) < 4.78 is 0. The minimum Gasteiger partial charge on any atom is -0.385 e. The summed E-state index contributed by atoms with van der Waals surface area (Å²) in [4.78, 5) is 10.7. The smallest absolute Gasteiger partial charge is 0.273 e. The number of rotatable bonds is 6. The molecule has 0 saturated carbocycles. The third-order valence-electron chi connectivity index (χ3n) is 3.39. The van der Waals surface area contributed by atoms with Gasteiger partial charge in [-0.05, 0) is 24.8 Å². The molecular weight excluding hydrogens is 254 g/mol. The highest BCUT2D eigenvalue weighted by molar-refractivity contribution is 5.63. The predicted molar refractivity (Wildman–Crippen MR) is 84.4 cm³/mol. The van der Waals surface area contributed by atoms with E-state index in [1.54, 1.807) is 12.1 Å². The molecule has 0 aliphatic rings. The van der Waals surface area contributed by atoms with Crippen LogP contribution in [0.15, 0.2) is 18.2 Å². The van der Waals surface area contributed by atoms with Crippen molar-refractivity contribution in [2.24, 2.45) is 5.41 Å². The normalized spacial score (nSPS) is 12.8. The fourth-order valence-electron chi connectivity index (χ4n) is 1.64. The molecule has 1 atom stereocenters. The maximum atomic E-state index is 11.0. The van der Waals surface area contributed by atoms with Crippen molar-refractivity contribution in [3.05, 3.63) is 28.3 Å². The van der Waals surface area contributed by atoms with Gasteiger partial charge in [0.1, 0.15) is 0 Å². The molecule has 0 fully saturated rings. The van der Waals surface area contributed by atoms with Gasteiger partial charge in [0, 0.05) is 36.1 Å². The van der Waals surface area contributed by atoms with Crippen LogP contribution in [0.25, 0.3) is 0 Å². The molecule has 0 heterocycles. The fraction of sp³-hybridized carbons (Fsp3) is 0.600. The van der Waals surface area contributed by atoms with Crippen LogP contribution in [-0.4, -0.2) is 17.5 Å². The van der Waals surface area contributed by atoms with Gasteiger partial charge in [-0.3, -0.25) is 10.1 Å². The molecule has 1 unspecified atom stereocenters. The van der Waals surface area contributed by atoms with E-state index in [4.69, 9.17) is 0 Å². The van der Waals surface area contributed by atoms with Crippen molar-refractivity contribution in [3.63, 3.8) is 0 Å². The van der Waals surface area contributed by atoms with Gasteiger partial charge < -0.3 is 10.6 Å². The van der Waals surface area contributed by atoms with Crippen molar-refractivity contribution in [2.45, 2.75) is 47.1 Å². The number of nitrogens with one attached hydrogen (secondary N) is 2. The first-order chi connectivity index (χ1) is 9.24. The second-order valence-corrected chi connectivity index (χ2v) is 6.18. The Hall–Kier alpha value is -1.78. The molecule has 0 aromatic heterocycles. The second kappa shape index (κ2) is 6.59. The van der Waals surface area contributed by atoms with Crippen LogP contribution < -0.4 is 10.6 Å². The van der Waals surface area contributed by atoms with Gasteiger partial charge in [0.25, 0.3) is 5.69 Å². The van der Waals surface area contributed by atoms with Crippen LogP contribution in [-0.2, 0) is 0 Å². The number of nitro benzene ring substituents is 1. The Labute approximate surface area is 120 Å². The van der Waals surface area contributed by atoms with Crippen LogP contribution in [0.5, 0.6) is 0 Å². The minimum absolute atomic E-state index is 0.0850. The maximum Gasteiger partial charge on any atom is 0.273 e. The van der Waals surface area contributed by atoms with Crippen molar-refractivity contribution in [1.29, 1.82) is 0 Å². The van der Waals surface area contributed by atoms with Gasteiger partial charge in [0.05, 0.1) is 4.92 Å². The molecule has 5 nitrogen and oxygen atoms in total. The Balaban J connectivity index is 2.99. The van der Waals surface area contributed by atoms with Gasteiger partial charge in [-0.15, -0.1) is 0 Å². The molecule has 2 N–H and O–H groups in total. The van der Waals surface area contributed by atoms with E-state index < -0.39 is 0 Å². The minimum atomic E-state index is -0.357. The summed E-state index contributed by atoms with van der Waals surface area (Å²) in [5.74, 6) is 0. The molecule has 5 heteroatoms. The molecule has 1 rings (SSSR count). The van der Waals surface area contributed by atoms with E-state index in [-0.39, 0.29) is 22.1 Å². The van der Waals surface area contributed by atoms with Gasteiger partial charge in [-0.2, -0.15) is 0 Å². The predicted octanol–water partition coefficient (Wildman–Crippen LogP) is 4.26. The van der Waals surface area contributed by atoms with E-state index in [2.05, 4.69) is 45.3 Å². The second-order valence-electron chi connectivity index (χ2n) is 6.18. The average molecular weight is 279 g/mol. The third-order valence-corrected chi connectivity index (χ3v) is 3.39. The maximum absolute atomic E-state index is 11.0. The van der Waals surface area contributed by atoms with Gasteiger partial charge in [-0.1, -0.05) is 27.7 Å². The van der Waals surface area contributed by atoms with E-state index in [0.717, 1.165) is 24.3 Å². The number of benzene rings is 1. The summed E-state index contributed by atoms with van der Waals surface area (Å²) in [6.07, 6.45) is 0.976. The Morgan fingerprint density at radius 2 is 1.85 bits per heavy atom. The molecule has 0 bridgehead atoms. The van der Waals surface area contributed by atoms with Crippen LogP contribution in [0.4, 0.5) is 17.1 Å². The van der Waals surface area contributed by atoms with Gasteiger partial charge in [0.2, 0.25) is 0 Å². The van der Waals surface area contributed by atoms with Crippen molar-refractivity contribution in [1.82, 2.24) is 0 Å². The lowest BCUT2D eigenvalue weighted by Crippen LogP contribution is -2.30. The van der Waals surface area contributed by atoms with E-state index in [1.165, 1.54) is 0 Å². The Bertz CT molecular complexity index is 467. The first kappa shape index (κ1) is 16.3. The van der Waals surface area contributed by atoms with Crippen LogP contribution in [0, 0.1) is 15.5 Å². The van der Waals surface area contributed by atoms with E-state index in [9.17, 15) is 10.1 Å². The number of non-ortho nitro benzene ring substituents is 1. The van der Waals surface area contributed by atoms with Gasteiger partial charge >= 0.3 is 0 Å². The summed E-state index contributed by atoms with van der Waals surface area (Å²) in [5, 5.41) is 17.6. The largest absolute Gasteiger partial charge is 0.385 e. The average Bonchev–Trinajstić information content (AvgIpc) is 2.34. The highest BCUT2D eigenvalue weighted by Gasteiger charge is 2.20. The highest BCUT2D eigenvalue weighted by atomic mass is 16.6. The van der Waals surface area contributed by atoms with Gasteiger partial charge in [-0.25, -0.2) is 0 Å². The molecule has 0 radical (unpaired) electrons. The zero-order valence-electron chi connectivity index (χ0n) is 13.0. The molecule has 1 aromatic carbocycles. The molecule has 0 saturated heterocycles. The van der Waals surface area contributed by atoms with Crippen LogP contribution in [0.1, 0.15) is 41.0 Å². The molecule has 0 spiro atoms. The standard InChI is InChI=1S/C15H25N3O2/c1-6-7-16-12-8-13(10-14(9-12)18(19)20)17-11(2)15(3,4)5/h8-11,16-17H,6-7H2,1-5H3. The topological polar surface area (TPSA) is 67.2 Å². The third kappa shape index (κ3) is 4.72. The van der Waals surface area contributed by atoms with Crippen LogP contribution in [0.3, 0.4) is 0 Å². The number of hydrogen-bond acceptors (Lipinski definition) is 4. The van der Waals surface area contributed by atoms with Crippen molar-refractivity contribution >= 4 is 17.1 Å². The Kier molecular flexibility index (Phi) is 5.36. The number of hydrogen-bond donors (Lipinski definition) is 2. The Morgan fingerprint density at radius 1 is 1.25 bits per heavy atom. The fourth-order valence-corrected chi connectivity index (χ4v) is 1.64. The molecule has 0 amide bonds. The molecule has 20 heavy (non-hydrogen) atoms. The highest BCUT2D eigenvalue weighted by Crippen LogP contribution is 2.28. The van der Waals surface area contributed by atoms with Crippen molar-refractivity contribution in [2.75, 3.05) is 17.2 Å². The zero-order valence-corrected chi connectivity index (χ0v) is 13.0. The molecule has 1 aromatic rings. The first-order valence-corrected chi connectivity index (χ1v) is 7.04. The van der Waals surface area contributed by atoms with E-state index in [1.807, 2.05) is 6.07 Å². The summed E-state index contributed by atoms with van der Waals surface area (Å²) in [6.45, 7) is 11.4. The molecular formula is C15H25N3O2. The first-order valence-electron chi connectivity index (χ1n) is 7.04. The Morgan fingerprint density at radius 3 is 2.35 bits per heavy atom. The van der Waals surface area contributed by atoms with Crippen LogP contribution in [0.2, 0.25) is 0 Å². The lowest BCUT2D eigenvalue weighted by atomic mass is 9.88. The zero-order chi connectivity index (χ0) is 15.3. The summed E-state index contributed by atoms with van der Waals surface area (Å²) in [7, 11) is 0. The molecule has 0 aliphatic heterocycles. The molecule has 112 valence electrons. The lowest BCUT2D eigenvalue weighted by Gasteiger charge is -2.29. The summed E-state index contributed by atoms with van der Waals surface area (Å²) in [6, 6.07) is 5.29. The number of nitro groups is 1. The van der Waals surface area contributed by atoms with Crippen molar-refractivity contribution in [3.8, 4) is 0 Å². The monoisotopic (exact) mass is 279 g/mol. The van der Waals surface area contributed by atoms with Gasteiger partial charge in [0.15, 0.2) is 0 Å². The van der Waals surface area contributed by atoms with E-state index >= 15 is 0 Å². The quantitative estimate of drug-likeness (QED) is 0.603.